The normalized spacial score (nSPS) is 14.1. The first-order valence-corrected chi connectivity index (χ1v) is 6.11. The number of rotatable bonds is 9. The Morgan fingerprint density at radius 3 is 2.41 bits per heavy atom. The summed E-state index contributed by atoms with van der Waals surface area (Å²) in [6.07, 6.45) is 2.32. The van der Waals surface area contributed by atoms with Gasteiger partial charge in [-0.05, 0) is 27.2 Å². The molecule has 0 saturated heterocycles. The molecule has 0 aromatic carbocycles. The minimum atomic E-state index is -0.625. The maximum Gasteiger partial charge on any atom is 0.335 e. The van der Waals surface area contributed by atoms with E-state index in [1.54, 1.807) is 20.8 Å². The molecule has 0 saturated carbocycles. The van der Waals surface area contributed by atoms with Crippen LogP contribution in [0.3, 0.4) is 0 Å². The molecular weight excluding hydrogens is 220 g/mol. The summed E-state index contributed by atoms with van der Waals surface area (Å²) in [6.45, 7) is 11.3. The standard InChI is InChI=1S/C13H24O4/c1-6-7-8-9-15-11(4)16-12(5)17-13(14)10(2)3/h11-12H,2,6-9H2,1,3-5H3. The minimum Gasteiger partial charge on any atom is -0.433 e. The second-order valence-electron chi connectivity index (χ2n) is 4.03. The molecular formula is C13H24O4. The second-order valence-corrected chi connectivity index (χ2v) is 4.03. The molecule has 17 heavy (non-hydrogen) atoms. The number of unbranched alkanes of at least 4 members (excludes halogenated alkanes) is 2. The number of ether oxygens (including phenoxy) is 3. The van der Waals surface area contributed by atoms with Crippen molar-refractivity contribution in [2.75, 3.05) is 6.61 Å². The molecule has 0 heterocycles. The predicted octanol–water partition coefficient (Wildman–Crippen LogP) is 3.02. The van der Waals surface area contributed by atoms with Crippen LogP contribution in [0.4, 0.5) is 0 Å². The van der Waals surface area contributed by atoms with Gasteiger partial charge in [0.1, 0.15) is 0 Å². The van der Waals surface area contributed by atoms with E-state index in [1.165, 1.54) is 0 Å². The van der Waals surface area contributed by atoms with Gasteiger partial charge in [-0.1, -0.05) is 26.3 Å². The second kappa shape index (κ2) is 9.19. The largest absolute Gasteiger partial charge is 0.433 e. The predicted molar refractivity (Wildman–Crippen MR) is 66.4 cm³/mol. The van der Waals surface area contributed by atoms with Crippen molar-refractivity contribution in [1.29, 1.82) is 0 Å². The summed E-state index contributed by atoms with van der Waals surface area (Å²) < 4.78 is 15.7. The van der Waals surface area contributed by atoms with E-state index in [-0.39, 0.29) is 6.29 Å². The Hall–Kier alpha value is -0.870. The fourth-order valence-electron chi connectivity index (χ4n) is 1.19. The highest BCUT2D eigenvalue weighted by molar-refractivity contribution is 5.86. The summed E-state index contributed by atoms with van der Waals surface area (Å²) in [6, 6.07) is 0. The Morgan fingerprint density at radius 2 is 1.88 bits per heavy atom. The molecule has 0 aliphatic rings. The van der Waals surface area contributed by atoms with Crippen LogP contribution in [0.15, 0.2) is 12.2 Å². The molecule has 0 rings (SSSR count). The van der Waals surface area contributed by atoms with Crippen LogP contribution in [-0.2, 0) is 19.0 Å². The van der Waals surface area contributed by atoms with Crippen molar-refractivity contribution in [1.82, 2.24) is 0 Å². The zero-order chi connectivity index (χ0) is 13.3. The quantitative estimate of drug-likeness (QED) is 0.271. The molecule has 0 aliphatic heterocycles. The monoisotopic (exact) mass is 244 g/mol. The summed E-state index contributed by atoms with van der Waals surface area (Å²) in [5.74, 6) is -0.448. The van der Waals surface area contributed by atoms with Gasteiger partial charge in [-0.2, -0.15) is 0 Å². The van der Waals surface area contributed by atoms with Gasteiger partial charge in [0, 0.05) is 12.2 Å². The molecule has 0 fully saturated rings. The zero-order valence-corrected chi connectivity index (χ0v) is 11.3. The highest BCUT2D eigenvalue weighted by Crippen LogP contribution is 2.05. The van der Waals surface area contributed by atoms with Gasteiger partial charge in [-0.25, -0.2) is 4.79 Å². The molecule has 100 valence electrons. The molecule has 2 atom stereocenters. The lowest BCUT2D eigenvalue weighted by atomic mass is 10.3. The Morgan fingerprint density at radius 1 is 1.24 bits per heavy atom. The van der Waals surface area contributed by atoms with Crippen molar-refractivity contribution in [3.05, 3.63) is 12.2 Å². The third kappa shape index (κ3) is 8.89. The third-order valence-electron chi connectivity index (χ3n) is 2.11. The maximum atomic E-state index is 11.2. The van der Waals surface area contributed by atoms with Gasteiger partial charge in [-0.3, -0.25) is 0 Å². The average molecular weight is 244 g/mol. The fraction of sp³-hybridized carbons (Fsp3) is 0.769. The van der Waals surface area contributed by atoms with Crippen LogP contribution in [0.2, 0.25) is 0 Å². The van der Waals surface area contributed by atoms with Gasteiger partial charge in [0.25, 0.3) is 0 Å². The van der Waals surface area contributed by atoms with Crippen molar-refractivity contribution in [2.24, 2.45) is 0 Å². The molecule has 4 heteroatoms. The molecule has 0 N–H and O–H groups in total. The van der Waals surface area contributed by atoms with Crippen LogP contribution in [-0.4, -0.2) is 25.2 Å². The molecule has 0 aliphatic carbocycles. The number of hydrogen-bond donors (Lipinski definition) is 0. The van der Waals surface area contributed by atoms with E-state index in [9.17, 15) is 4.79 Å². The van der Waals surface area contributed by atoms with Crippen molar-refractivity contribution in [3.8, 4) is 0 Å². The zero-order valence-electron chi connectivity index (χ0n) is 11.3. The minimum absolute atomic E-state index is 0.358. The van der Waals surface area contributed by atoms with Crippen LogP contribution >= 0.6 is 0 Å². The Balaban J connectivity index is 3.68. The van der Waals surface area contributed by atoms with Gasteiger partial charge in [0.15, 0.2) is 6.29 Å². The van der Waals surface area contributed by atoms with Crippen molar-refractivity contribution >= 4 is 5.97 Å². The highest BCUT2D eigenvalue weighted by Gasteiger charge is 2.13. The number of hydrogen-bond acceptors (Lipinski definition) is 4. The van der Waals surface area contributed by atoms with Crippen molar-refractivity contribution in [3.63, 3.8) is 0 Å². The van der Waals surface area contributed by atoms with E-state index < -0.39 is 12.3 Å². The first-order chi connectivity index (χ1) is 7.97. The topological polar surface area (TPSA) is 44.8 Å². The number of carbonyl (C=O) groups is 1. The van der Waals surface area contributed by atoms with Gasteiger partial charge in [0.05, 0.1) is 0 Å². The van der Waals surface area contributed by atoms with Crippen LogP contribution in [0.5, 0.6) is 0 Å². The number of esters is 1. The van der Waals surface area contributed by atoms with Crippen molar-refractivity contribution in [2.45, 2.75) is 59.5 Å². The first-order valence-electron chi connectivity index (χ1n) is 6.11. The van der Waals surface area contributed by atoms with Gasteiger partial charge < -0.3 is 14.2 Å². The van der Waals surface area contributed by atoms with Crippen molar-refractivity contribution < 1.29 is 19.0 Å². The van der Waals surface area contributed by atoms with E-state index in [2.05, 4.69) is 13.5 Å². The molecule has 0 spiro atoms. The summed E-state index contributed by atoms with van der Waals surface area (Å²) >= 11 is 0. The van der Waals surface area contributed by atoms with E-state index in [0.717, 1.165) is 19.3 Å². The van der Waals surface area contributed by atoms with Crippen LogP contribution in [0, 0.1) is 0 Å². The fourth-order valence-corrected chi connectivity index (χ4v) is 1.19. The molecule has 0 amide bonds. The lowest BCUT2D eigenvalue weighted by Gasteiger charge is -2.19. The Bertz CT molecular complexity index is 238. The molecule has 2 unspecified atom stereocenters. The average Bonchev–Trinajstić information content (AvgIpc) is 2.24. The Labute approximate surface area is 104 Å². The van der Waals surface area contributed by atoms with E-state index >= 15 is 0 Å². The maximum absolute atomic E-state index is 11.2. The van der Waals surface area contributed by atoms with Gasteiger partial charge in [0.2, 0.25) is 6.29 Å². The number of carbonyl (C=O) groups excluding carboxylic acids is 1. The lowest BCUT2D eigenvalue weighted by Crippen LogP contribution is -2.25. The van der Waals surface area contributed by atoms with E-state index in [4.69, 9.17) is 14.2 Å². The Kier molecular flexibility index (Phi) is 8.72. The van der Waals surface area contributed by atoms with Crippen LogP contribution < -0.4 is 0 Å². The molecule has 0 aromatic rings. The van der Waals surface area contributed by atoms with Gasteiger partial charge >= 0.3 is 5.97 Å². The van der Waals surface area contributed by atoms with E-state index in [1.807, 2.05) is 0 Å². The summed E-state index contributed by atoms with van der Waals surface area (Å²) in [5, 5.41) is 0. The first kappa shape index (κ1) is 16.1. The summed E-state index contributed by atoms with van der Waals surface area (Å²) in [4.78, 5) is 11.2. The summed E-state index contributed by atoms with van der Waals surface area (Å²) in [5.41, 5.74) is 0.358. The van der Waals surface area contributed by atoms with E-state index in [0.29, 0.717) is 12.2 Å². The molecule has 4 nitrogen and oxygen atoms in total. The highest BCUT2D eigenvalue weighted by atomic mass is 16.8. The van der Waals surface area contributed by atoms with Crippen LogP contribution in [0.25, 0.3) is 0 Å². The van der Waals surface area contributed by atoms with Crippen LogP contribution in [0.1, 0.15) is 47.0 Å². The lowest BCUT2D eigenvalue weighted by molar-refractivity contribution is -0.227. The molecule has 0 radical (unpaired) electrons. The third-order valence-corrected chi connectivity index (χ3v) is 2.11. The molecule has 0 bridgehead atoms. The van der Waals surface area contributed by atoms with Gasteiger partial charge in [-0.15, -0.1) is 0 Å². The smallest absolute Gasteiger partial charge is 0.335 e. The molecule has 0 aromatic heterocycles. The SMILES string of the molecule is C=C(C)C(=O)OC(C)OC(C)OCCCCC. The summed E-state index contributed by atoms with van der Waals surface area (Å²) in [7, 11) is 0.